The lowest BCUT2D eigenvalue weighted by atomic mass is 9.98. The Hall–Kier alpha value is -2.84. The lowest BCUT2D eigenvalue weighted by Gasteiger charge is -2.29. The Labute approximate surface area is 135 Å². The Morgan fingerprint density at radius 3 is 2.67 bits per heavy atom. The summed E-state index contributed by atoms with van der Waals surface area (Å²) >= 11 is 0. The quantitative estimate of drug-likeness (QED) is 0.632. The van der Waals surface area contributed by atoms with Gasteiger partial charge in [0.1, 0.15) is 24.0 Å². The highest BCUT2D eigenvalue weighted by Gasteiger charge is 2.25. The Kier molecular flexibility index (Phi) is 4.24. The van der Waals surface area contributed by atoms with Crippen LogP contribution in [0.4, 0.5) is 14.5 Å². The molecule has 0 unspecified atom stereocenters. The van der Waals surface area contributed by atoms with E-state index in [1.54, 1.807) is 0 Å². The average Bonchev–Trinajstić information content (AvgIpc) is 3.05. The van der Waals surface area contributed by atoms with E-state index >= 15 is 0 Å². The molecule has 7 nitrogen and oxygen atoms in total. The molecule has 1 amide bonds. The molecule has 3 rings (SSSR count). The fourth-order valence-electron chi connectivity index (χ4n) is 2.74. The molecule has 1 aliphatic heterocycles. The number of rotatable bonds is 4. The zero-order chi connectivity index (χ0) is 17.3. The smallest absolute Gasteiger partial charge is 0.306 e. The standard InChI is InChI=1S/C15H14F2N4O3/c16-13-1-2-14(17)12-9-19(5-3-11(12)13)15(22)4-6-20-8-10(7-18-20)21(23)24/h1-2,7-8H,3-6,9H2. The summed E-state index contributed by atoms with van der Waals surface area (Å²) in [7, 11) is 0. The highest BCUT2D eigenvalue weighted by Crippen LogP contribution is 2.24. The second-order valence-electron chi connectivity index (χ2n) is 5.52. The first-order chi connectivity index (χ1) is 11.5. The number of hydrogen-bond acceptors (Lipinski definition) is 4. The Morgan fingerprint density at radius 2 is 2.00 bits per heavy atom. The number of benzene rings is 1. The number of nitrogens with zero attached hydrogens (tertiary/aromatic N) is 4. The second kappa shape index (κ2) is 6.34. The highest BCUT2D eigenvalue weighted by atomic mass is 19.1. The van der Waals surface area contributed by atoms with Gasteiger partial charge in [0.2, 0.25) is 5.91 Å². The Bertz CT molecular complexity index is 806. The fraction of sp³-hybridized carbons (Fsp3) is 0.333. The molecule has 0 fully saturated rings. The number of carbonyl (C=O) groups excluding carboxylic acids is 1. The van der Waals surface area contributed by atoms with E-state index in [2.05, 4.69) is 5.10 Å². The van der Waals surface area contributed by atoms with Crippen molar-refractivity contribution in [2.75, 3.05) is 6.54 Å². The van der Waals surface area contributed by atoms with Crippen molar-refractivity contribution in [1.82, 2.24) is 14.7 Å². The van der Waals surface area contributed by atoms with Crippen LogP contribution in [0.3, 0.4) is 0 Å². The third kappa shape index (κ3) is 3.10. The van der Waals surface area contributed by atoms with Gasteiger partial charge in [-0.15, -0.1) is 0 Å². The monoisotopic (exact) mass is 336 g/mol. The van der Waals surface area contributed by atoms with Gasteiger partial charge < -0.3 is 4.90 Å². The zero-order valence-corrected chi connectivity index (χ0v) is 12.6. The molecule has 0 aliphatic carbocycles. The summed E-state index contributed by atoms with van der Waals surface area (Å²) < 4.78 is 28.8. The van der Waals surface area contributed by atoms with Crippen molar-refractivity contribution < 1.29 is 18.5 Å². The molecule has 0 bridgehead atoms. The van der Waals surface area contributed by atoms with E-state index < -0.39 is 16.6 Å². The van der Waals surface area contributed by atoms with Gasteiger partial charge in [-0.3, -0.25) is 19.6 Å². The van der Waals surface area contributed by atoms with Gasteiger partial charge in [0.15, 0.2) is 0 Å². The summed E-state index contributed by atoms with van der Waals surface area (Å²) in [4.78, 5) is 23.7. The molecule has 126 valence electrons. The van der Waals surface area contributed by atoms with Gasteiger partial charge in [0, 0.05) is 31.6 Å². The maximum atomic E-state index is 13.8. The molecule has 0 spiro atoms. The third-order valence-electron chi connectivity index (χ3n) is 4.04. The number of hydrogen-bond donors (Lipinski definition) is 0. The first kappa shape index (κ1) is 16.0. The van der Waals surface area contributed by atoms with Crippen molar-refractivity contribution in [3.8, 4) is 0 Å². The lowest BCUT2D eigenvalue weighted by Crippen LogP contribution is -2.37. The van der Waals surface area contributed by atoms with Crippen LogP contribution in [0.15, 0.2) is 24.5 Å². The summed E-state index contributed by atoms with van der Waals surface area (Å²) in [5, 5.41) is 14.4. The van der Waals surface area contributed by atoms with Gasteiger partial charge in [-0.2, -0.15) is 5.10 Å². The summed E-state index contributed by atoms with van der Waals surface area (Å²) in [6, 6.07) is 2.15. The molecule has 0 saturated carbocycles. The molecule has 0 atom stereocenters. The number of halogens is 2. The molecule has 2 aromatic rings. The van der Waals surface area contributed by atoms with Crippen LogP contribution in [-0.2, 0) is 24.3 Å². The van der Waals surface area contributed by atoms with Gasteiger partial charge in [-0.1, -0.05) is 0 Å². The van der Waals surface area contributed by atoms with Crippen LogP contribution < -0.4 is 0 Å². The van der Waals surface area contributed by atoms with Gasteiger partial charge in [-0.05, 0) is 24.1 Å². The van der Waals surface area contributed by atoms with Crippen LogP contribution in [0.5, 0.6) is 0 Å². The summed E-state index contributed by atoms with van der Waals surface area (Å²) in [6.07, 6.45) is 2.69. The number of nitro groups is 1. The minimum atomic E-state index is -0.565. The molecular formula is C15H14F2N4O3. The van der Waals surface area contributed by atoms with Crippen molar-refractivity contribution in [2.45, 2.75) is 25.9 Å². The van der Waals surface area contributed by atoms with Crippen molar-refractivity contribution in [1.29, 1.82) is 0 Å². The largest absolute Gasteiger partial charge is 0.338 e. The molecule has 9 heteroatoms. The minimum absolute atomic E-state index is 0.0248. The van der Waals surface area contributed by atoms with Gasteiger partial charge >= 0.3 is 5.69 Å². The summed E-state index contributed by atoms with van der Waals surface area (Å²) in [6.45, 7) is 0.518. The van der Waals surface area contributed by atoms with Crippen LogP contribution in [0.25, 0.3) is 0 Å². The Balaban J connectivity index is 1.64. The number of aryl methyl sites for hydroxylation is 1. The number of aromatic nitrogens is 2. The predicted molar refractivity (Wildman–Crippen MR) is 79.0 cm³/mol. The average molecular weight is 336 g/mol. The van der Waals surface area contributed by atoms with Crippen LogP contribution in [0.2, 0.25) is 0 Å². The normalized spacial score (nSPS) is 13.7. The van der Waals surface area contributed by atoms with Crippen molar-refractivity contribution in [3.05, 3.63) is 57.4 Å². The van der Waals surface area contributed by atoms with Crippen LogP contribution in [0.1, 0.15) is 17.5 Å². The molecular weight excluding hydrogens is 322 g/mol. The molecule has 1 aromatic carbocycles. The van der Waals surface area contributed by atoms with Gasteiger partial charge in [0.05, 0.1) is 4.92 Å². The molecule has 24 heavy (non-hydrogen) atoms. The van der Waals surface area contributed by atoms with Gasteiger partial charge in [0.25, 0.3) is 0 Å². The van der Waals surface area contributed by atoms with E-state index in [0.717, 1.165) is 18.3 Å². The van der Waals surface area contributed by atoms with Crippen LogP contribution >= 0.6 is 0 Å². The van der Waals surface area contributed by atoms with Crippen LogP contribution in [-0.4, -0.2) is 32.1 Å². The van der Waals surface area contributed by atoms with E-state index in [9.17, 15) is 23.7 Å². The molecule has 1 aromatic heterocycles. The van der Waals surface area contributed by atoms with Gasteiger partial charge in [-0.25, -0.2) is 8.78 Å². The SMILES string of the molecule is O=C(CCn1cc([N+](=O)[O-])cn1)N1CCc2c(F)ccc(F)c2C1. The predicted octanol–water partition coefficient (Wildman–Crippen LogP) is 2.04. The number of amides is 1. The maximum absolute atomic E-state index is 13.8. The number of fused-ring (bicyclic) bond motifs is 1. The Morgan fingerprint density at radius 1 is 1.29 bits per heavy atom. The lowest BCUT2D eigenvalue weighted by molar-refractivity contribution is -0.385. The van der Waals surface area contributed by atoms with E-state index in [0.29, 0.717) is 12.1 Å². The van der Waals surface area contributed by atoms with E-state index in [-0.39, 0.29) is 43.1 Å². The van der Waals surface area contributed by atoms with E-state index in [4.69, 9.17) is 0 Å². The summed E-state index contributed by atoms with van der Waals surface area (Å²) in [5.74, 6) is -1.21. The first-order valence-corrected chi connectivity index (χ1v) is 7.36. The van der Waals surface area contributed by atoms with E-state index in [1.165, 1.54) is 15.8 Å². The maximum Gasteiger partial charge on any atom is 0.306 e. The fourth-order valence-corrected chi connectivity index (χ4v) is 2.74. The summed E-state index contributed by atoms with van der Waals surface area (Å²) in [5.41, 5.74) is 0.387. The molecule has 1 aliphatic rings. The molecule has 2 heterocycles. The first-order valence-electron chi connectivity index (χ1n) is 7.36. The van der Waals surface area contributed by atoms with Crippen LogP contribution in [0, 0.1) is 21.7 Å². The second-order valence-corrected chi connectivity index (χ2v) is 5.52. The van der Waals surface area contributed by atoms with Crippen molar-refractivity contribution in [3.63, 3.8) is 0 Å². The van der Waals surface area contributed by atoms with E-state index in [1.807, 2.05) is 0 Å². The third-order valence-corrected chi connectivity index (χ3v) is 4.04. The topological polar surface area (TPSA) is 81.3 Å². The minimum Gasteiger partial charge on any atom is -0.338 e. The molecule has 0 radical (unpaired) electrons. The zero-order valence-electron chi connectivity index (χ0n) is 12.6. The number of carbonyl (C=O) groups is 1. The molecule has 0 saturated heterocycles. The molecule has 0 N–H and O–H groups in total. The van der Waals surface area contributed by atoms with Crippen molar-refractivity contribution >= 4 is 11.6 Å². The highest BCUT2D eigenvalue weighted by molar-refractivity contribution is 5.76. The van der Waals surface area contributed by atoms with Crippen molar-refractivity contribution in [2.24, 2.45) is 0 Å².